The first kappa shape index (κ1) is 16.0. The lowest BCUT2D eigenvalue weighted by Crippen LogP contribution is -2.33. The Balaban J connectivity index is 1.92. The van der Waals surface area contributed by atoms with Gasteiger partial charge in [0, 0.05) is 18.7 Å². The second-order valence-corrected chi connectivity index (χ2v) is 7.93. The summed E-state index contributed by atoms with van der Waals surface area (Å²) in [5, 5.41) is 7.31. The summed E-state index contributed by atoms with van der Waals surface area (Å²) >= 11 is 0. The molecule has 116 valence electrons. The molecule has 0 aromatic heterocycles. The third-order valence-corrected chi connectivity index (χ3v) is 5.77. The molecule has 1 aromatic rings. The van der Waals surface area contributed by atoms with Crippen LogP contribution >= 0.6 is 0 Å². The first-order chi connectivity index (χ1) is 9.88. The maximum Gasteiger partial charge on any atom is 0.179 e. The molecule has 1 saturated carbocycles. The summed E-state index contributed by atoms with van der Waals surface area (Å²) in [5.41, 5.74) is 5.90. The number of nitrogens with one attached hydrogen (secondary N) is 1. The molecule has 0 aliphatic heterocycles. The van der Waals surface area contributed by atoms with E-state index in [0.29, 0.717) is 17.0 Å². The Morgan fingerprint density at radius 3 is 2.43 bits per heavy atom. The van der Waals surface area contributed by atoms with Crippen molar-refractivity contribution in [3.63, 3.8) is 0 Å². The molecule has 0 radical (unpaired) electrons. The van der Waals surface area contributed by atoms with Gasteiger partial charge in [-0.05, 0) is 37.9 Å². The number of nitrogens with two attached hydrogens (primary N) is 1. The highest BCUT2D eigenvalue weighted by Crippen LogP contribution is 2.26. The van der Waals surface area contributed by atoms with E-state index in [-0.39, 0.29) is 11.6 Å². The highest BCUT2D eigenvalue weighted by Gasteiger charge is 2.20. The van der Waals surface area contributed by atoms with E-state index >= 15 is 0 Å². The van der Waals surface area contributed by atoms with Gasteiger partial charge in [0.25, 0.3) is 0 Å². The summed E-state index contributed by atoms with van der Waals surface area (Å²) in [6.07, 6.45) is 3.84. The van der Waals surface area contributed by atoms with Crippen molar-refractivity contribution >= 4 is 15.7 Å². The highest BCUT2D eigenvalue weighted by molar-refractivity contribution is 7.91. The van der Waals surface area contributed by atoms with Crippen LogP contribution in [-0.4, -0.2) is 45.0 Å². The molecule has 1 aliphatic carbocycles. The third-order valence-electron chi connectivity index (χ3n) is 4.06. The van der Waals surface area contributed by atoms with Gasteiger partial charge in [-0.3, -0.25) is 5.41 Å². The van der Waals surface area contributed by atoms with Crippen LogP contribution in [0.1, 0.15) is 24.8 Å². The number of hydrogen-bond donors (Lipinski definition) is 2. The molecular formula is C15H23N3O2S. The lowest BCUT2D eigenvalue weighted by atomic mass is 9.85. The average molecular weight is 309 g/mol. The molecule has 0 heterocycles. The Kier molecular flexibility index (Phi) is 5.00. The van der Waals surface area contributed by atoms with Crippen LogP contribution in [-0.2, 0) is 9.84 Å². The van der Waals surface area contributed by atoms with Crippen molar-refractivity contribution in [1.29, 1.82) is 5.41 Å². The lowest BCUT2D eigenvalue weighted by molar-refractivity contribution is 0.212. The summed E-state index contributed by atoms with van der Waals surface area (Å²) in [7, 11) is -1.30. The van der Waals surface area contributed by atoms with Crippen molar-refractivity contribution < 1.29 is 8.42 Å². The maximum atomic E-state index is 12.3. The molecule has 1 fully saturated rings. The van der Waals surface area contributed by atoms with Gasteiger partial charge in [-0.15, -0.1) is 0 Å². The molecule has 21 heavy (non-hydrogen) atoms. The Labute approximate surface area is 126 Å². The molecule has 1 aromatic carbocycles. The number of amidine groups is 1. The third kappa shape index (κ3) is 4.28. The van der Waals surface area contributed by atoms with Gasteiger partial charge in [-0.25, -0.2) is 8.42 Å². The van der Waals surface area contributed by atoms with Crippen LogP contribution in [0, 0.1) is 11.3 Å². The standard InChI is InChI=1S/C15H23N3O2S/c1-18(11-12-3-2-4-12)9-10-21(19,20)14-7-5-13(6-8-14)15(16)17/h5-8,12H,2-4,9-11H2,1H3,(H3,16,17). The van der Waals surface area contributed by atoms with Crippen LogP contribution in [0.4, 0.5) is 0 Å². The van der Waals surface area contributed by atoms with Crippen molar-refractivity contribution in [2.24, 2.45) is 11.7 Å². The van der Waals surface area contributed by atoms with Crippen LogP contribution in [0.25, 0.3) is 0 Å². The maximum absolute atomic E-state index is 12.3. The molecule has 0 unspecified atom stereocenters. The van der Waals surface area contributed by atoms with Crippen molar-refractivity contribution in [3.8, 4) is 0 Å². The molecule has 1 aliphatic rings. The predicted molar refractivity (Wildman–Crippen MR) is 84.3 cm³/mol. The predicted octanol–water partition coefficient (Wildman–Crippen LogP) is 1.48. The number of nitrogen functional groups attached to an aromatic ring is 1. The van der Waals surface area contributed by atoms with Crippen molar-refractivity contribution in [2.75, 3.05) is 25.9 Å². The summed E-state index contributed by atoms with van der Waals surface area (Å²) in [5.74, 6) is 0.807. The van der Waals surface area contributed by atoms with Gasteiger partial charge in [0.1, 0.15) is 5.84 Å². The molecule has 0 amide bonds. The Bertz CT molecular complexity index is 592. The second-order valence-electron chi connectivity index (χ2n) is 5.82. The van der Waals surface area contributed by atoms with Crippen LogP contribution in [0.3, 0.4) is 0 Å². The van der Waals surface area contributed by atoms with Gasteiger partial charge in [-0.2, -0.15) is 0 Å². The van der Waals surface area contributed by atoms with Crippen molar-refractivity contribution in [2.45, 2.75) is 24.2 Å². The number of nitrogens with zero attached hydrogens (tertiary/aromatic N) is 1. The molecule has 0 saturated heterocycles. The smallest absolute Gasteiger partial charge is 0.179 e. The zero-order valence-electron chi connectivity index (χ0n) is 12.4. The molecule has 2 rings (SSSR count). The fourth-order valence-electron chi connectivity index (χ4n) is 2.44. The van der Waals surface area contributed by atoms with Crippen molar-refractivity contribution in [3.05, 3.63) is 29.8 Å². The molecule has 0 atom stereocenters. The Morgan fingerprint density at radius 1 is 1.33 bits per heavy atom. The second kappa shape index (κ2) is 6.58. The number of sulfone groups is 1. The molecule has 6 heteroatoms. The van der Waals surface area contributed by atoms with E-state index in [1.807, 2.05) is 7.05 Å². The van der Waals surface area contributed by atoms with Gasteiger partial charge in [0.15, 0.2) is 9.84 Å². The molecular weight excluding hydrogens is 286 g/mol. The quantitative estimate of drug-likeness (QED) is 0.590. The van der Waals surface area contributed by atoms with Crippen LogP contribution in [0.5, 0.6) is 0 Å². The lowest BCUT2D eigenvalue weighted by Gasteiger charge is -2.30. The molecule has 0 spiro atoms. The summed E-state index contributed by atoms with van der Waals surface area (Å²) in [6.45, 7) is 1.53. The van der Waals surface area contributed by atoms with Crippen molar-refractivity contribution in [1.82, 2.24) is 4.90 Å². The van der Waals surface area contributed by atoms with E-state index in [2.05, 4.69) is 4.90 Å². The largest absolute Gasteiger partial charge is 0.384 e. The summed E-state index contributed by atoms with van der Waals surface area (Å²) < 4.78 is 24.6. The fourth-order valence-corrected chi connectivity index (χ4v) is 3.78. The Morgan fingerprint density at radius 2 is 1.95 bits per heavy atom. The van der Waals surface area contributed by atoms with Crippen LogP contribution in [0.2, 0.25) is 0 Å². The summed E-state index contributed by atoms with van der Waals surface area (Å²) in [6, 6.07) is 6.20. The first-order valence-corrected chi connectivity index (χ1v) is 8.89. The van der Waals surface area contributed by atoms with Gasteiger partial charge in [-0.1, -0.05) is 18.6 Å². The summed E-state index contributed by atoms with van der Waals surface area (Å²) in [4.78, 5) is 2.40. The van der Waals surface area contributed by atoms with Gasteiger partial charge in [0.2, 0.25) is 0 Å². The Hall–Kier alpha value is -1.40. The zero-order chi connectivity index (χ0) is 15.5. The molecule has 3 N–H and O–H groups in total. The minimum absolute atomic E-state index is 0.0563. The SMILES string of the molecule is CN(CCS(=O)(=O)c1ccc(C(=N)N)cc1)CC1CCC1. The van der Waals surface area contributed by atoms with Crippen LogP contribution in [0.15, 0.2) is 29.2 Å². The highest BCUT2D eigenvalue weighted by atomic mass is 32.2. The van der Waals surface area contributed by atoms with Gasteiger partial charge in [0.05, 0.1) is 10.6 Å². The topological polar surface area (TPSA) is 87.2 Å². The first-order valence-electron chi connectivity index (χ1n) is 7.24. The van der Waals surface area contributed by atoms with E-state index in [1.165, 1.54) is 31.4 Å². The van der Waals surface area contributed by atoms with E-state index in [0.717, 1.165) is 12.5 Å². The average Bonchev–Trinajstić information content (AvgIpc) is 2.41. The minimum atomic E-state index is -3.28. The van der Waals surface area contributed by atoms with E-state index in [4.69, 9.17) is 11.1 Å². The van der Waals surface area contributed by atoms with E-state index < -0.39 is 9.84 Å². The van der Waals surface area contributed by atoms with Crippen LogP contribution < -0.4 is 5.73 Å². The zero-order valence-corrected chi connectivity index (χ0v) is 13.2. The van der Waals surface area contributed by atoms with Gasteiger partial charge >= 0.3 is 0 Å². The van der Waals surface area contributed by atoms with Gasteiger partial charge < -0.3 is 10.6 Å². The number of benzene rings is 1. The molecule has 0 bridgehead atoms. The fraction of sp³-hybridized carbons (Fsp3) is 0.533. The normalized spacial score (nSPS) is 15.9. The monoisotopic (exact) mass is 309 g/mol. The number of rotatable bonds is 7. The van der Waals surface area contributed by atoms with E-state index in [1.54, 1.807) is 12.1 Å². The minimum Gasteiger partial charge on any atom is -0.384 e. The van der Waals surface area contributed by atoms with E-state index in [9.17, 15) is 8.42 Å². The molecule has 5 nitrogen and oxygen atoms in total. The number of hydrogen-bond acceptors (Lipinski definition) is 4.